The number of carbonyl (C=O) groups is 1. The summed E-state index contributed by atoms with van der Waals surface area (Å²) in [4.78, 5) is 16.9. The number of rotatable bonds is 6. The Balaban J connectivity index is 2.18. The summed E-state index contributed by atoms with van der Waals surface area (Å²) in [6, 6.07) is 7.35. The molecule has 2 rings (SSSR count). The van der Waals surface area contributed by atoms with Crippen LogP contribution in [-0.4, -0.2) is 22.6 Å². The van der Waals surface area contributed by atoms with E-state index in [4.69, 9.17) is 4.74 Å². The number of hydrogen-bond acceptors (Lipinski definition) is 3. The summed E-state index contributed by atoms with van der Waals surface area (Å²) in [5.41, 5.74) is 1.61. The molecule has 5 nitrogen and oxygen atoms in total. The van der Waals surface area contributed by atoms with Gasteiger partial charge in [-0.05, 0) is 23.6 Å². The molecule has 1 N–H and O–H groups in total. The van der Waals surface area contributed by atoms with Crippen LogP contribution < -0.4 is 5.32 Å². The molecular formula is C17H23N3O2. The Morgan fingerprint density at radius 3 is 2.77 bits per heavy atom. The fourth-order valence-electron chi connectivity index (χ4n) is 2.40. The number of imidazole rings is 1. The lowest BCUT2D eigenvalue weighted by molar-refractivity contribution is 0.0922. The van der Waals surface area contributed by atoms with Crippen molar-refractivity contribution in [2.75, 3.05) is 7.11 Å². The number of aryl methyl sites for hydroxylation is 1. The van der Waals surface area contributed by atoms with E-state index in [-0.39, 0.29) is 17.9 Å². The number of ether oxygens (including phenoxy) is 1. The number of nitrogens with zero attached hydrogens (tertiary/aromatic N) is 2. The molecule has 0 aliphatic rings. The summed E-state index contributed by atoms with van der Waals surface area (Å²) in [5, 5.41) is 3.08. The van der Waals surface area contributed by atoms with Crippen LogP contribution in [0.1, 0.15) is 41.6 Å². The Kier molecular flexibility index (Phi) is 5.33. The molecule has 0 saturated carbocycles. The zero-order chi connectivity index (χ0) is 16.1. The molecule has 1 heterocycles. The quantitative estimate of drug-likeness (QED) is 0.892. The lowest BCUT2D eigenvalue weighted by Gasteiger charge is -2.22. The van der Waals surface area contributed by atoms with Gasteiger partial charge in [-0.2, -0.15) is 0 Å². The number of methoxy groups -OCH3 is 1. The molecular weight excluding hydrogens is 278 g/mol. The van der Waals surface area contributed by atoms with Gasteiger partial charge in [0.25, 0.3) is 5.91 Å². The molecule has 0 aliphatic carbocycles. The van der Waals surface area contributed by atoms with Crippen LogP contribution in [0.15, 0.2) is 36.7 Å². The molecule has 118 valence electrons. The summed E-state index contributed by atoms with van der Waals surface area (Å²) in [6.07, 6.45) is 3.63. The van der Waals surface area contributed by atoms with Crippen molar-refractivity contribution in [3.8, 4) is 0 Å². The Labute approximate surface area is 131 Å². The first-order valence-corrected chi connectivity index (χ1v) is 7.39. The molecule has 1 atom stereocenters. The van der Waals surface area contributed by atoms with E-state index in [1.807, 2.05) is 42.1 Å². The molecule has 0 fully saturated rings. The van der Waals surface area contributed by atoms with Crippen molar-refractivity contribution in [2.24, 2.45) is 13.0 Å². The third-order valence-electron chi connectivity index (χ3n) is 3.59. The molecule has 1 aromatic heterocycles. The maximum atomic E-state index is 12.5. The molecule has 2 aromatic rings. The normalized spacial score (nSPS) is 12.4. The molecule has 0 bridgehead atoms. The summed E-state index contributed by atoms with van der Waals surface area (Å²) < 4.78 is 7.05. The van der Waals surface area contributed by atoms with Crippen LogP contribution in [0.5, 0.6) is 0 Å². The smallest absolute Gasteiger partial charge is 0.251 e. The number of hydrogen-bond donors (Lipinski definition) is 1. The van der Waals surface area contributed by atoms with Gasteiger partial charge in [0.1, 0.15) is 5.82 Å². The molecule has 5 heteroatoms. The highest BCUT2D eigenvalue weighted by Crippen LogP contribution is 2.20. The molecule has 1 amide bonds. The second kappa shape index (κ2) is 7.22. The first kappa shape index (κ1) is 16.2. The lowest BCUT2D eigenvalue weighted by Crippen LogP contribution is -2.33. The van der Waals surface area contributed by atoms with Gasteiger partial charge in [0, 0.05) is 32.1 Å². The fraction of sp³-hybridized carbons (Fsp3) is 0.412. The van der Waals surface area contributed by atoms with Gasteiger partial charge in [-0.1, -0.05) is 26.0 Å². The minimum absolute atomic E-state index is 0.0975. The van der Waals surface area contributed by atoms with Crippen LogP contribution >= 0.6 is 0 Å². The topological polar surface area (TPSA) is 56.1 Å². The maximum absolute atomic E-state index is 12.5. The largest absolute Gasteiger partial charge is 0.380 e. The average molecular weight is 301 g/mol. The van der Waals surface area contributed by atoms with Crippen molar-refractivity contribution in [2.45, 2.75) is 26.5 Å². The van der Waals surface area contributed by atoms with Gasteiger partial charge in [0.15, 0.2) is 0 Å². The average Bonchev–Trinajstić information content (AvgIpc) is 2.91. The molecule has 0 spiro atoms. The third kappa shape index (κ3) is 3.74. The fourth-order valence-corrected chi connectivity index (χ4v) is 2.40. The molecule has 0 aliphatic heterocycles. The van der Waals surface area contributed by atoms with Crippen molar-refractivity contribution in [1.29, 1.82) is 0 Å². The summed E-state index contributed by atoms with van der Waals surface area (Å²) in [5.74, 6) is 1.00. The highest BCUT2D eigenvalue weighted by Gasteiger charge is 2.22. The Bertz CT molecular complexity index is 634. The first-order valence-electron chi connectivity index (χ1n) is 7.39. The lowest BCUT2D eigenvalue weighted by atomic mass is 10.0. The summed E-state index contributed by atoms with van der Waals surface area (Å²) in [7, 11) is 3.58. The van der Waals surface area contributed by atoms with Gasteiger partial charge in [0.2, 0.25) is 0 Å². The van der Waals surface area contributed by atoms with Gasteiger partial charge in [0.05, 0.1) is 12.6 Å². The van der Waals surface area contributed by atoms with Gasteiger partial charge in [-0.3, -0.25) is 4.79 Å². The minimum atomic E-state index is -0.126. The van der Waals surface area contributed by atoms with E-state index >= 15 is 0 Å². The summed E-state index contributed by atoms with van der Waals surface area (Å²) in [6.45, 7) is 4.63. The minimum Gasteiger partial charge on any atom is -0.380 e. The van der Waals surface area contributed by atoms with Crippen molar-refractivity contribution < 1.29 is 9.53 Å². The third-order valence-corrected chi connectivity index (χ3v) is 3.59. The zero-order valence-corrected chi connectivity index (χ0v) is 13.5. The maximum Gasteiger partial charge on any atom is 0.251 e. The Morgan fingerprint density at radius 1 is 1.41 bits per heavy atom. The van der Waals surface area contributed by atoms with E-state index in [9.17, 15) is 4.79 Å². The SMILES string of the molecule is COCc1cccc(C(=O)N[C@@H](c2nccn2C)C(C)C)c1. The number of nitrogens with one attached hydrogen (secondary N) is 1. The van der Waals surface area contributed by atoms with Crippen LogP contribution in [0.4, 0.5) is 0 Å². The van der Waals surface area contributed by atoms with Crippen molar-refractivity contribution >= 4 is 5.91 Å². The predicted octanol–water partition coefficient (Wildman–Crippen LogP) is 2.69. The highest BCUT2D eigenvalue weighted by atomic mass is 16.5. The second-order valence-corrected chi connectivity index (χ2v) is 5.72. The van der Waals surface area contributed by atoms with Crippen molar-refractivity contribution in [1.82, 2.24) is 14.9 Å². The monoisotopic (exact) mass is 301 g/mol. The van der Waals surface area contributed by atoms with E-state index in [0.717, 1.165) is 11.4 Å². The van der Waals surface area contributed by atoms with E-state index in [1.165, 1.54) is 0 Å². The van der Waals surface area contributed by atoms with E-state index < -0.39 is 0 Å². The number of carbonyl (C=O) groups excluding carboxylic acids is 1. The van der Waals surface area contributed by atoms with E-state index in [1.54, 1.807) is 13.3 Å². The standard InChI is InChI=1S/C17H23N3O2/c1-12(2)15(16-18-8-9-20(16)3)19-17(21)14-7-5-6-13(10-14)11-22-4/h5-10,12,15H,11H2,1-4H3,(H,19,21)/t15-/m1/s1. The molecule has 0 saturated heterocycles. The Morgan fingerprint density at radius 2 is 2.18 bits per heavy atom. The summed E-state index contributed by atoms with van der Waals surface area (Å²) >= 11 is 0. The van der Waals surface area contributed by atoms with E-state index in [2.05, 4.69) is 24.1 Å². The van der Waals surface area contributed by atoms with Crippen LogP contribution in [0.3, 0.4) is 0 Å². The molecule has 22 heavy (non-hydrogen) atoms. The molecule has 0 radical (unpaired) electrons. The highest BCUT2D eigenvalue weighted by molar-refractivity contribution is 5.94. The van der Waals surface area contributed by atoms with Crippen molar-refractivity contribution in [3.63, 3.8) is 0 Å². The Hall–Kier alpha value is -2.14. The zero-order valence-electron chi connectivity index (χ0n) is 13.5. The van der Waals surface area contributed by atoms with Crippen molar-refractivity contribution in [3.05, 3.63) is 53.6 Å². The predicted molar refractivity (Wildman–Crippen MR) is 85.4 cm³/mol. The van der Waals surface area contributed by atoms with Crippen LogP contribution in [0.25, 0.3) is 0 Å². The van der Waals surface area contributed by atoms with E-state index in [0.29, 0.717) is 12.2 Å². The molecule has 0 unspecified atom stereocenters. The van der Waals surface area contributed by atoms with Crippen LogP contribution in [-0.2, 0) is 18.4 Å². The second-order valence-electron chi connectivity index (χ2n) is 5.72. The van der Waals surface area contributed by atoms with Gasteiger partial charge in [-0.25, -0.2) is 4.98 Å². The first-order chi connectivity index (χ1) is 10.5. The number of amides is 1. The van der Waals surface area contributed by atoms with Gasteiger partial charge in [-0.15, -0.1) is 0 Å². The van der Waals surface area contributed by atoms with Gasteiger partial charge >= 0.3 is 0 Å². The van der Waals surface area contributed by atoms with Crippen LogP contribution in [0.2, 0.25) is 0 Å². The van der Waals surface area contributed by atoms with Gasteiger partial charge < -0.3 is 14.6 Å². The number of aromatic nitrogens is 2. The molecule has 1 aromatic carbocycles. The van der Waals surface area contributed by atoms with Crippen LogP contribution in [0, 0.1) is 5.92 Å². The number of benzene rings is 1.